The van der Waals surface area contributed by atoms with E-state index in [1.54, 1.807) is 12.1 Å². The number of nitrogens with one attached hydrogen (secondary N) is 1. The number of nitrogens with zero attached hydrogens (tertiary/aromatic N) is 3. The standard InChI is InChI=1S/C18H18ClF3N4O/c1-2-26-15(11-6-8-12(19)9-7-11)25-14-16(26)23-13(24-17(14)27)5-3-4-10-18(20,21)22/h6-9H,2-5,10H2,1H3,(H,23,24,27). The summed E-state index contributed by atoms with van der Waals surface area (Å²) in [4.78, 5) is 23.9. The predicted octanol–water partition coefficient (Wildman–Crippen LogP) is 4.74. The summed E-state index contributed by atoms with van der Waals surface area (Å²) in [5.41, 5.74) is 1.04. The fraction of sp³-hybridized carbons (Fsp3) is 0.389. The van der Waals surface area contributed by atoms with Gasteiger partial charge >= 0.3 is 6.18 Å². The Bertz CT molecular complexity index is 993. The fourth-order valence-corrected chi connectivity index (χ4v) is 3.04. The molecule has 0 aliphatic rings. The van der Waals surface area contributed by atoms with Crippen LogP contribution in [0.25, 0.3) is 22.6 Å². The Balaban J connectivity index is 1.92. The molecule has 2 heterocycles. The summed E-state index contributed by atoms with van der Waals surface area (Å²) >= 11 is 5.92. The first-order chi connectivity index (χ1) is 12.8. The zero-order chi connectivity index (χ0) is 19.6. The lowest BCUT2D eigenvalue weighted by Gasteiger charge is -2.07. The minimum Gasteiger partial charge on any atom is -0.309 e. The van der Waals surface area contributed by atoms with E-state index in [-0.39, 0.29) is 24.8 Å². The first kappa shape index (κ1) is 19.4. The minimum atomic E-state index is -4.17. The van der Waals surface area contributed by atoms with Gasteiger partial charge in [-0.1, -0.05) is 11.6 Å². The molecular weight excluding hydrogens is 381 g/mol. The molecule has 3 rings (SSSR count). The lowest BCUT2D eigenvalue weighted by Crippen LogP contribution is -2.13. The second-order valence-electron chi connectivity index (χ2n) is 6.19. The molecule has 0 saturated heterocycles. The van der Waals surface area contributed by atoms with E-state index in [0.29, 0.717) is 28.9 Å². The van der Waals surface area contributed by atoms with Crippen molar-refractivity contribution in [1.82, 2.24) is 19.5 Å². The quantitative estimate of drug-likeness (QED) is 0.610. The van der Waals surface area contributed by atoms with Gasteiger partial charge in [0.1, 0.15) is 11.6 Å². The molecule has 1 aromatic carbocycles. The van der Waals surface area contributed by atoms with E-state index in [1.165, 1.54) is 0 Å². The predicted molar refractivity (Wildman–Crippen MR) is 97.9 cm³/mol. The second kappa shape index (κ2) is 7.72. The third-order valence-electron chi connectivity index (χ3n) is 4.20. The molecular formula is C18H18ClF3N4O. The van der Waals surface area contributed by atoms with Crippen molar-refractivity contribution in [2.24, 2.45) is 0 Å². The maximum atomic E-state index is 12.4. The van der Waals surface area contributed by atoms with Crippen molar-refractivity contribution in [2.45, 2.75) is 45.3 Å². The van der Waals surface area contributed by atoms with Crippen LogP contribution < -0.4 is 5.56 Å². The van der Waals surface area contributed by atoms with Crippen molar-refractivity contribution < 1.29 is 13.2 Å². The van der Waals surface area contributed by atoms with E-state index in [1.807, 2.05) is 23.6 Å². The van der Waals surface area contributed by atoms with Crippen LogP contribution in [0, 0.1) is 0 Å². The number of unbranched alkanes of at least 4 members (excludes halogenated alkanes) is 1. The molecule has 0 saturated carbocycles. The average Bonchev–Trinajstić information content (AvgIpc) is 2.97. The van der Waals surface area contributed by atoms with Gasteiger partial charge in [0.15, 0.2) is 11.2 Å². The van der Waals surface area contributed by atoms with Crippen molar-refractivity contribution in [3.63, 3.8) is 0 Å². The lowest BCUT2D eigenvalue weighted by molar-refractivity contribution is -0.135. The number of alkyl halides is 3. The maximum absolute atomic E-state index is 12.4. The van der Waals surface area contributed by atoms with Gasteiger partial charge in [0, 0.05) is 30.0 Å². The van der Waals surface area contributed by atoms with Crippen LogP contribution in [0.4, 0.5) is 13.2 Å². The van der Waals surface area contributed by atoms with Gasteiger partial charge in [-0.3, -0.25) is 4.79 Å². The van der Waals surface area contributed by atoms with Crippen molar-refractivity contribution in [3.8, 4) is 11.4 Å². The SMILES string of the molecule is CCn1c(-c2ccc(Cl)cc2)nc2c(=O)[nH]c(CCCCC(F)(F)F)nc21. The van der Waals surface area contributed by atoms with Gasteiger partial charge < -0.3 is 9.55 Å². The van der Waals surface area contributed by atoms with Gasteiger partial charge in [-0.15, -0.1) is 0 Å². The summed E-state index contributed by atoms with van der Waals surface area (Å²) in [5.74, 6) is 0.961. The smallest absolute Gasteiger partial charge is 0.309 e. The Labute approximate surface area is 158 Å². The zero-order valence-corrected chi connectivity index (χ0v) is 15.4. The van der Waals surface area contributed by atoms with Crippen LogP contribution in [0.15, 0.2) is 29.1 Å². The molecule has 144 valence electrons. The minimum absolute atomic E-state index is 0.00564. The lowest BCUT2D eigenvalue weighted by atomic mass is 10.2. The van der Waals surface area contributed by atoms with Crippen LogP contribution in [0.5, 0.6) is 0 Å². The number of aryl methyl sites for hydroxylation is 2. The summed E-state index contributed by atoms with van der Waals surface area (Å²) < 4.78 is 38.6. The Hall–Kier alpha value is -2.35. The van der Waals surface area contributed by atoms with Crippen LogP contribution in [0.2, 0.25) is 5.02 Å². The highest BCUT2D eigenvalue weighted by Gasteiger charge is 2.26. The number of H-pyrrole nitrogens is 1. The molecule has 0 radical (unpaired) electrons. The largest absolute Gasteiger partial charge is 0.389 e. The normalized spacial score (nSPS) is 12.0. The number of aromatic amines is 1. The molecule has 0 spiro atoms. The monoisotopic (exact) mass is 398 g/mol. The summed E-state index contributed by atoms with van der Waals surface area (Å²) in [6, 6.07) is 7.09. The van der Waals surface area contributed by atoms with E-state index in [4.69, 9.17) is 11.6 Å². The van der Waals surface area contributed by atoms with E-state index in [0.717, 1.165) is 5.56 Å². The fourth-order valence-electron chi connectivity index (χ4n) is 2.91. The summed E-state index contributed by atoms with van der Waals surface area (Å²) in [7, 11) is 0. The highest BCUT2D eigenvalue weighted by Crippen LogP contribution is 2.25. The van der Waals surface area contributed by atoms with Gasteiger partial charge in [-0.25, -0.2) is 9.97 Å². The second-order valence-corrected chi connectivity index (χ2v) is 6.63. The van der Waals surface area contributed by atoms with Crippen LogP contribution in [-0.4, -0.2) is 25.7 Å². The van der Waals surface area contributed by atoms with Crippen LogP contribution in [-0.2, 0) is 13.0 Å². The van der Waals surface area contributed by atoms with E-state index in [9.17, 15) is 18.0 Å². The molecule has 5 nitrogen and oxygen atoms in total. The van der Waals surface area contributed by atoms with Gasteiger partial charge in [0.05, 0.1) is 0 Å². The van der Waals surface area contributed by atoms with E-state index in [2.05, 4.69) is 15.0 Å². The Morgan fingerprint density at radius 1 is 1.15 bits per heavy atom. The van der Waals surface area contributed by atoms with Crippen LogP contribution >= 0.6 is 11.6 Å². The molecule has 0 bridgehead atoms. The molecule has 9 heteroatoms. The molecule has 0 fully saturated rings. The van der Waals surface area contributed by atoms with Crippen molar-refractivity contribution in [2.75, 3.05) is 0 Å². The third-order valence-corrected chi connectivity index (χ3v) is 4.45. The maximum Gasteiger partial charge on any atom is 0.389 e. The van der Waals surface area contributed by atoms with Crippen LogP contribution in [0.1, 0.15) is 32.0 Å². The molecule has 0 atom stereocenters. The van der Waals surface area contributed by atoms with Gasteiger partial charge in [0.25, 0.3) is 5.56 Å². The number of aromatic nitrogens is 4. The van der Waals surface area contributed by atoms with Gasteiger partial charge in [-0.2, -0.15) is 13.2 Å². The summed E-state index contributed by atoms with van der Waals surface area (Å²) in [6.07, 6.45) is -4.45. The summed E-state index contributed by atoms with van der Waals surface area (Å²) in [5, 5.41) is 0.593. The molecule has 0 amide bonds. The molecule has 1 N–H and O–H groups in total. The van der Waals surface area contributed by atoms with Crippen molar-refractivity contribution in [1.29, 1.82) is 0 Å². The van der Waals surface area contributed by atoms with Crippen molar-refractivity contribution >= 4 is 22.8 Å². The molecule has 2 aromatic heterocycles. The highest BCUT2D eigenvalue weighted by atomic mass is 35.5. The van der Waals surface area contributed by atoms with E-state index < -0.39 is 18.2 Å². The van der Waals surface area contributed by atoms with Crippen molar-refractivity contribution in [3.05, 3.63) is 45.5 Å². The number of hydrogen-bond donors (Lipinski definition) is 1. The number of fused-ring (bicyclic) bond motifs is 1. The number of halogens is 4. The molecule has 3 aromatic rings. The average molecular weight is 399 g/mol. The molecule has 0 aliphatic carbocycles. The molecule has 27 heavy (non-hydrogen) atoms. The Morgan fingerprint density at radius 3 is 2.48 bits per heavy atom. The number of rotatable bonds is 6. The Kier molecular flexibility index (Phi) is 5.55. The van der Waals surface area contributed by atoms with Gasteiger partial charge in [0.2, 0.25) is 0 Å². The van der Waals surface area contributed by atoms with E-state index >= 15 is 0 Å². The van der Waals surface area contributed by atoms with Crippen LogP contribution in [0.3, 0.4) is 0 Å². The Morgan fingerprint density at radius 2 is 1.85 bits per heavy atom. The van der Waals surface area contributed by atoms with Gasteiger partial charge in [-0.05, 0) is 44.0 Å². The molecule has 0 aliphatic heterocycles. The first-order valence-electron chi connectivity index (χ1n) is 8.60. The first-order valence-corrected chi connectivity index (χ1v) is 8.98. The number of hydrogen-bond acceptors (Lipinski definition) is 3. The number of benzene rings is 1. The highest BCUT2D eigenvalue weighted by molar-refractivity contribution is 6.30. The number of imidazole rings is 1. The third kappa shape index (κ3) is 4.50. The molecule has 0 unspecified atom stereocenters. The summed E-state index contributed by atoms with van der Waals surface area (Å²) in [6.45, 7) is 2.45. The zero-order valence-electron chi connectivity index (χ0n) is 14.6. The topological polar surface area (TPSA) is 63.6 Å².